The molecule has 0 spiro atoms. The molecule has 0 radical (unpaired) electrons. The summed E-state index contributed by atoms with van der Waals surface area (Å²) in [5, 5.41) is 7.13. The van der Waals surface area contributed by atoms with E-state index in [2.05, 4.69) is 34.7 Å². The van der Waals surface area contributed by atoms with E-state index in [1.807, 2.05) is 37.3 Å². The fourth-order valence-electron chi connectivity index (χ4n) is 4.67. The van der Waals surface area contributed by atoms with E-state index in [0.29, 0.717) is 6.42 Å². The molecule has 0 saturated carbocycles. The van der Waals surface area contributed by atoms with Crippen LogP contribution in [0.2, 0.25) is 0 Å². The smallest absolute Gasteiger partial charge is 0.363 e. The maximum absolute atomic E-state index is 13.9. The SMILES string of the molecule is Cc1ccc(-c2ccc(CCC(=O)c3cnn4c3NC(c3ccccc3)CC4C(F)(F)F)cc2)cc1. The van der Waals surface area contributed by atoms with Crippen LogP contribution in [0, 0.1) is 6.92 Å². The quantitative estimate of drug-likeness (QED) is 0.288. The summed E-state index contributed by atoms with van der Waals surface area (Å²) in [6, 6.07) is 22.9. The Balaban J connectivity index is 1.33. The molecule has 36 heavy (non-hydrogen) atoms. The van der Waals surface area contributed by atoms with Crippen LogP contribution in [0.3, 0.4) is 0 Å². The Morgan fingerprint density at radius 3 is 2.25 bits per heavy atom. The minimum atomic E-state index is -4.48. The largest absolute Gasteiger partial charge is 0.410 e. The van der Waals surface area contributed by atoms with E-state index in [-0.39, 0.29) is 30.0 Å². The number of Topliss-reactive ketones (excluding diaryl/α,β-unsaturated/α-hetero) is 1. The van der Waals surface area contributed by atoms with E-state index in [9.17, 15) is 18.0 Å². The van der Waals surface area contributed by atoms with Gasteiger partial charge in [-0.3, -0.25) is 4.79 Å². The van der Waals surface area contributed by atoms with E-state index < -0.39 is 18.3 Å². The number of carbonyl (C=O) groups excluding carboxylic acids is 1. The van der Waals surface area contributed by atoms with Crippen LogP contribution < -0.4 is 5.32 Å². The molecule has 3 aromatic carbocycles. The van der Waals surface area contributed by atoms with Gasteiger partial charge in [0, 0.05) is 12.8 Å². The van der Waals surface area contributed by atoms with Crippen molar-refractivity contribution in [2.45, 2.75) is 44.4 Å². The molecule has 0 bridgehead atoms. The Morgan fingerprint density at radius 2 is 1.61 bits per heavy atom. The summed E-state index contributed by atoms with van der Waals surface area (Å²) < 4.78 is 42.6. The van der Waals surface area contributed by atoms with Crippen LogP contribution >= 0.6 is 0 Å². The van der Waals surface area contributed by atoms with Crippen molar-refractivity contribution in [1.29, 1.82) is 0 Å². The molecule has 1 aromatic heterocycles. The Hall–Kier alpha value is -3.87. The van der Waals surface area contributed by atoms with Crippen LogP contribution in [-0.2, 0) is 6.42 Å². The standard InChI is InChI=1S/C29H26F3N3O/c1-19-7-12-21(13-8-19)22-14-9-20(10-15-22)11-16-26(36)24-18-33-35-27(29(30,31)32)17-25(34-28(24)35)23-5-3-2-4-6-23/h2-10,12-15,18,25,27,34H,11,16-17H2,1H3. The summed E-state index contributed by atoms with van der Waals surface area (Å²) in [5.41, 5.74) is 5.33. The third-order valence-electron chi connectivity index (χ3n) is 6.72. The van der Waals surface area contributed by atoms with Gasteiger partial charge in [-0.15, -0.1) is 0 Å². The zero-order valence-corrected chi connectivity index (χ0v) is 19.8. The maximum atomic E-state index is 13.9. The molecule has 1 aliphatic heterocycles. The maximum Gasteiger partial charge on any atom is 0.410 e. The van der Waals surface area contributed by atoms with Crippen molar-refractivity contribution in [3.05, 3.63) is 107 Å². The average Bonchev–Trinajstić information content (AvgIpc) is 3.31. The summed E-state index contributed by atoms with van der Waals surface area (Å²) in [5.74, 6) is -0.0989. The lowest BCUT2D eigenvalue weighted by molar-refractivity contribution is -0.173. The van der Waals surface area contributed by atoms with E-state index in [1.54, 1.807) is 24.3 Å². The monoisotopic (exact) mass is 489 g/mol. The van der Waals surface area contributed by atoms with Crippen molar-refractivity contribution < 1.29 is 18.0 Å². The fourth-order valence-corrected chi connectivity index (χ4v) is 4.67. The number of nitrogens with zero attached hydrogens (tertiary/aromatic N) is 2. The second-order valence-electron chi connectivity index (χ2n) is 9.24. The molecule has 0 saturated heterocycles. The first kappa shape index (κ1) is 23.9. The summed E-state index contributed by atoms with van der Waals surface area (Å²) in [6.45, 7) is 2.04. The first-order chi connectivity index (χ1) is 17.3. The van der Waals surface area contributed by atoms with Gasteiger partial charge in [0.05, 0.1) is 17.8 Å². The van der Waals surface area contributed by atoms with Crippen molar-refractivity contribution in [1.82, 2.24) is 9.78 Å². The Morgan fingerprint density at radius 1 is 0.972 bits per heavy atom. The number of rotatable bonds is 6. The highest BCUT2D eigenvalue weighted by Crippen LogP contribution is 2.44. The van der Waals surface area contributed by atoms with Gasteiger partial charge >= 0.3 is 6.18 Å². The molecule has 2 atom stereocenters. The number of hydrogen-bond donors (Lipinski definition) is 1. The molecular formula is C29H26F3N3O. The van der Waals surface area contributed by atoms with E-state index in [0.717, 1.165) is 26.9 Å². The molecule has 2 unspecified atom stereocenters. The van der Waals surface area contributed by atoms with Crippen LogP contribution in [0.25, 0.3) is 11.1 Å². The van der Waals surface area contributed by atoms with Crippen LogP contribution in [-0.4, -0.2) is 21.7 Å². The summed E-state index contributed by atoms with van der Waals surface area (Å²) in [4.78, 5) is 13.1. The zero-order valence-electron chi connectivity index (χ0n) is 19.8. The van der Waals surface area contributed by atoms with Gasteiger partial charge in [0.2, 0.25) is 0 Å². The number of aromatic nitrogens is 2. The lowest BCUT2D eigenvalue weighted by Crippen LogP contribution is -2.36. The highest BCUT2D eigenvalue weighted by Gasteiger charge is 2.47. The van der Waals surface area contributed by atoms with Gasteiger partial charge in [-0.1, -0.05) is 84.4 Å². The van der Waals surface area contributed by atoms with Crippen LogP contribution in [0.15, 0.2) is 85.1 Å². The second-order valence-corrected chi connectivity index (χ2v) is 9.24. The number of anilines is 1. The van der Waals surface area contributed by atoms with Crippen LogP contribution in [0.5, 0.6) is 0 Å². The minimum Gasteiger partial charge on any atom is -0.363 e. The van der Waals surface area contributed by atoms with Gasteiger partial charge in [-0.2, -0.15) is 18.3 Å². The normalized spacial score (nSPS) is 17.3. The number of hydrogen-bond acceptors (Lipinski definition) is 3. The van der Waals surface area contributed by atoms with Crippen molar-refractivity contribution in [2.75, 3.05) is 5.32 Å². The number of benzene rings is 3. The van der Waals surface area contributed by atoms with E-state index >= 15 is 0 Å². The number of ketones is 1. The predicted molar refractivity (Wildman–Crippen MR) is 134 cm³/mol. The summed E-state index contributed by atoms with van der Waals surface area (Å²) in [7, 11) is 0. The molecule has 0 fully saturated rings. The molecule has 0 aliphatic carbocycles. The summed E-state index contributed by atoms with van der Waals surface area (Å²) in [6.07, 6.45) is -2.74. The van der Waals surface area contributed by atoms with Gasteiger partial charge in [0.15, 0.2) is 11.8 Å². The Kier molecular flexibility index (Phi) is 6.39. The van der Waals surface area contributed by atoms with Gasteiger partial charge < -0.3 is 5.32 Å². The molecule has 5 rings (SSSR count). The first-order valence-corrected chi connectivity index (χ1v) is 11.9. The Bertz CT molecular complexity index is 1340. The Labute approximate surface area is 207 Å². The van der Waals surface area contributed by atoms with Crippen molar-refractivity contribution >= 4 is 11.6 Å². The predicted octanol–water partition coefficient (Wildman–Crippen LogP) is 7.33. The van der Waals surface area contributed by atoms with Crippen LogP contribution in [0.4, 0.5) is 19.0 Å². The molecule has 0 amide bonds. The number of fused-ring (bicyclic) bond motifs is 1. The van der Waals surface area contributed by atoms with Gasteiger partial charge in [-0.25, -0.2) is 4.68 Å². The van der Waals surface area contributed by atoms with E-state index in [1.165, 1.54) is 11.8 Å². The summed E-state index contributed by atoms with van der Waals surface area (Å²) >= 11 is 0. The lowest BCUT2D eigenvalue weighted by atomic mass is 9.96. The third kappa shape index (κ3) is 4.91. The first-order valence-electron chi connectivity index (χ1n) is 11.9. The molecule has 184 valence electrons. The third-order valence-corrected chi connectivity index (χ3v) is 6.72. The highest BCUT2D eigenvalue weighted by molar-refractivity contribution is 6.00. The van der Waals surface area contributed by atoms with Gasteiger partial charge in [0.25, 0.3) is 0 Å². The zero-order chi connectivity index (χ0) is 25.3. The van der Waals surface area contributed by atoms with Crippen molar-refractivity contribution in [2.24, 2.45) is 0 Å². The number of aryl methyl sites for hydroxylation is 2. The van der Waals surface area contributed by atoms with Crippen molar-refractivity contribution in [3.63, 3.8) is 0 Å². The topological polar surface area (TPSA) is 46.9 Å². The minimum absolute atomic E-state index is 0.136. The molecular weight excluding hydrogens is 463 g/mol. The van der Waals surface area contributed by atoms with Gasteiger partial charge in [0.1, 0.15) is 5.82 Å². The number of halogens is 3. The highest BCUT2D eigenvalue weighted by atomic mass is 19.4. The lowest BCUT2D eigenvalue weighted by Gasteiger charge is -2.34. The van der Waals surface area contributed by atoms with Crippen molar-refractivity contribution in [3.8, 4) is 11.1 Å². The molecule has 2 heterocycles. The number of carbonyl (C=O) groups is 1. The molecule has 4 aromatic rings. The van der Waals surface area contributed by atoms with E-state index in [4.69, 9.17) is 0 Å². The average molecular weight is 490 g/mol. The molecule has 7 heteroatoms. The van der Waals surface area contributed by atoms with Crippen LogP contribution in [0.1, 0.15) is 52.0 Å². The molecule has 1 N–H and O–H groups in total. The molecule has 4 nitrogen and oxygen atoms in total. The molecule has 1 aliphatic rings. The number of nitrogens with one attached hydrogen (secondary N) is 1. The second kappa shape index (κ2) is 9.64. The number of alkyl halides is 3. The van der Waals surface area contributed by atoms with Gasteiger partial charge in [-0.05, 0) is 35.6 Å². The fraction of sp³-hybridized carbons (Fsp3) is 0.241.